The Morgan fingerprint density at radius 2 is 1.82 bits per heavy atom. The van der Waals surface area contributed by atoms with Gasteiger partial charge in [0.1, 0.15) is 0 Å². The van der Waals surface area contributed by atoms with Gasteiger partial charge in [-0.25, -0.2) is 9.36 Å². The van der Waals surface area contributed by atoms with Gasteiger partial charge in [-0.2, -0.15) is 10.2 Å². The molecular formula is C12H19N5. The summed E-state index contributed by atoms with van der Waals surface area (Å²) >= 11 is 0. The average Bonchev–Trinajstić information content (AvgIpc) is 2.69. The third-order valence-electron chi connectivity index (χ3n) is 2.80. The molecule has 0 saturated carbocycles. The minimum absolute atomic E-state index is 0.255. The van der Waals surface area contributed by atoms with E-state index < -0.39 is 0 Å². The summed E-state index contributed by atoms with van der Waals surface area (Å²) in [4.78, 5) is 0. The van der Waals surface area contributed by atoms with Crippen molar-refractivity contribution in [3.05, 3.63) is 23.1 Å². The molecule has 2 N–H and O–H groups in total. The number of nitrogens with zero attached hydrogens (tertiary/aromatic N) is 4. The number of nitrogens with two attached hydrogens (primary N) is 1. The molecule has 92 valence electrons. The predicted molar refractivity (Wildman–Crippen MR) is 68.4 cm³/mol. The number of rotatable bonds is 2. The number of anilines is 1. The lowest BCUT2D eigenvalue weighted by atomic mass is 10.3. The van der Waals surface area contributed by atoms with Crippen LogP contribution in [0.25, 0.3) is 5.82 Å². The summed E-state index contributed by atoms with van der Waals surface area (Å²) in [7, 11) is 0. The van der Waals surface area contributed by atoms with Gasteiger partial charge in [-0.1, -0.05) is 0 Å². The van der Waals surface area contributed by atoms with Crippen molar-refractivity contribution in [2.24, 2.45) is 0 Å². The minimum Gasteiger partial charge on any atom is -0.394 e. The fourth-order valence-corrected chi connectivity index (χ4v) is 1.96. The zero-order valence-corrected chi connectivity index (χ0v) is 11.0. The quantitative estimate of drug-likeness (QED) is 0.864. The molecule has 0 bridgehead atoms. The third-order valence-corrected chi connectivity index (χ3v) is 2.80. The van der Waals surface area contributed by atoms with Gasteiger partial charge in [-0.3, -0.25) is 0 Å². The van der Waals surface area contributed by atoms with E-state index in [9.17, 15) is 0 Å². The Labute approximate surface area is 101 Å². The first-order chi connectivity index (χ1) is 7.91. The molecule has 0 atom stereocenters. The Morgan fingerprint density at radius 3 is 2.29 bits per heavy atom. The molecule has 2 aromatic heterocycles. The van der Waals surface area contributed by atoms with E-state index in [1.807, 2.05) is 36.2 Å². The lowest BCUT2D eigenvalue weighted by Crippen LogP contribution is -2.13. The van der Waals surface area contributed by atoms with Crippen LogP contribution in [0, 0.1) is 20.8 Å². The van der Waals surface area contributed by atoms with E-state index in [-0.39, 0.29) is 6.04 Å². The zero-order valence-electron chi connectivity index (χ0n) is 11.0. The van der Waals surface area contributed by atoms with E-state index >= 15 is 0 Å². The summed E-state index contributed by atoms with van der Waals surface area (Å²) in [5, 5.41) is 8.94. The van der Waals surface area contributed by atoms with Crippen LogP contribution in [0.5, 0.6) is 0 Å². The number of aryl methyl sites for hydroxylation is 3. The van der Waals surface area contributed by atoms with E-state index in [1.165, 1.54) is 0 Å². The molecule has 2 rings (SSSR count). The summed E-state index contributed by atoms with van der Waals surface area (Å²) in [5.41, 5.74) is 9.70. The number of hydrogen-bond acceptors (Lipinski definition) is 3. The summed E-state index contributed by atoms with van der Waals surface area (Å²) < 4.78 is 3.79. The Hall–Kier alpha value is -1.78. The molecule has 0 aliphatic heterocycles. The molecule has 5 nitrogen and oxygen atoms in total. The normalized spacial score (nSPS) is 11.4. The molecule has 17 heavy (non-hydrogen) atoms. The number of nitrogen functional groups attached to an aromatic ring is 1. The topological polar surface area (TPSA) is 61.7 Å². The van der Waals surface area contributed by atoms with Crippen molar-refractivity contribution in [1.29, 1.82) is 0 Å². The number of aromatic nitrogens is 4. The van der Waals surface area contributed by atoms with Crippen LogP contribution in [-0.4, -0.2) is 19.6 Å². The van der Waals surface area contributed by atoms with Crippen LogP contribution in [0.1, 0.15) is 37.0 Å². The lowest BCUT2D eigenvalue weighted by Gasteiger charge is -2.12. The largest absolute Gasteiger partial charge is 0.394 e. The molecule has 2 heterocycles. The fraction of sp³-hybridized carbons (Fsp3) is 0.500. The van der Waals surface area contributed by atoms with Crippen LogP contribution >= 0.6 is 0 Å². The first-order valence-corrected chi connectivity index (χ1v) is 5.80. The van der Waals surface area contributed by atoms with Crippen molar-refractivity contribution in [3.8, 4) is 5.82 Å². The smallest absolute Gasteiger partial charge is 0.176 e. The molecule has 0 aliphatic carbocycles. The van der Waals surface area contributed by atoms with Crippen LogP contribution in [0.3, 0.4) is 0 Å². The average molecular weight is 233 g/mol. The van der Waals surface area contributed by atoms with Crippen molar-refractivity contribution in [3.63, 3.8) is 0 Å². The highest BCUT2D eigenvalue weighted by molar-refractivity contribution is 5.57. The molecule has 0 spiro atoms. The van der Waals surface area contributed by atoms with Gasteiger partial charge < -0.3 is 5.73 Å². The highest BCUT2D eigenvalue weighted by Gasteiger charge is 2.18. The van der Waals surface area contributed by atoms with Crippen LogP contribution in [-0.2, 0) is 0 Å². The van der Waals surface area contributed by atoms with Gasteiger partial charge in [-0.15, -0.1) is 0 Å². The Kier molecular flexibility index (Phi) is 2.69. The second-order valence-corrected chi connectivity index (χ2v) is 4.70. The molecule has 0 radical (unpaired) electrons. The van der Waals surface area contributed by atoms with Crippen molar-refractivity contribution in [1.82, 2.24) is 19.6 Å². The van der Waals surface area contributed by atoms with E-state index in [0.717, 1.165) is 22.9 Å². The second kappa shape index (κ2) is 3.91. The third kappa shape index (κ3) is 1.81. The van der Waals surface area contributed by atoms with E-state index in [0.29, 0.717) is 5.69 Å². The summed E-state index contributed by atoms with van der Waals surface area (Å²) in [6, 6.07) is 2.29. The maximum absolute atomic E-state index is 6.11. The summed E-state index contributed by atoms with van der Waals surface area (Å²) in [5.74, 6) is 0.864. The maximum Gasteiger partial charge on any atom is 0.176 e. The van der Waals surface area contributed by atoms with E-state index in [1.54, 1.807) is 0 Å². The Bertz CT molecular complexity index is 547. The molecule has 0 aromatic carbocycles. The van der Waals surface area contributed by atoms with Crippen molar-refractivity contribution in [2.75, 3.05) is 5.73 Å². The van der Waals surface area contributed by atoms with Crippen molar-refractivity contribution in [2.45, 2.75) is 40.7 Å². The fourth-order valence-electron chi connectivity index (χ4n) is 1.96. The Morgan fingerprint density at radius 1 is 1.18 bits per heavy atom. The van der Waals surface area contributed by atoms with Gasteiger partial charge in [0.05, 0.1) is 17.1 Å². The molecule has 0 unspecified atom stereocenters. The van der Waals surface area contributed by atoms with Crippen LogP contribution in [0.4, 0.5) is 5.69 Å². The van der Waals surface area contributed by atoms with Crippen LogP contribution in [0.2, 0.25) is 0 Å². The molecule has 5 heteroatoms. The van der Waals surface area contributed by atoms with Gasteiger partial charge in [0.15, 0.2) is 5.82 Å². The highest BCUT2D eigenvalue weighted by atomic mass is 15.4. The summed E-state index contributed by atoms with van der Waals surface area (Å²) in [6.07, 6.45) is 0. The zero-order chi connectivity index (χ0) is 12.7. The van der Waals surface area contributed by atoms with Crippen molar-refractivity contribution < 1.29 is 0 Å². The Balaban J connectivity index is 2.69. The monoisotopic (exact) mass is 233 g/mol. The molecular weight excluding hydrogens is 214 g/mol. The second-order valence-electron chi connectivity index (χ2n) is 4.70. The molecule has 0 aliphatic rings. The highest BCUT2D eigenvalue weighted by Crippen LogP contribution is 2.25. The molecule has 0 saturated heterocycles. The van der Waals surface area contributed by atoms with Gasteiger partial charge in [-0.05, 0) is 40.7 Å². The van der Waals surface area contributed by atoms with Crippen LogP contribution < -0.4 is 5.73 Å². The first kappa shape index (κ1) is 11.7. The standard InChI is InChI=1S/C12H19N5/c1-7(2)16-12(11(13)10(5)15-16)17-9(4)6-8(3)14-17/h6-7H,13H2,1-5H3. The van der Waals surface area contributed by atoms with E-state index in [2.05, 4.69) is 24.0 Å². The van der Waals surface area contributed by atoms with Gasteiger partial charge in [0.25, 0.3) is 0 Å². The minimum atomic E-state index is 0.255. The lowest BCUT2D eigenvalue weighted by molar-refractivity contribution is 0.510. The van der Waals surface area contributed by atoms with Gasteiger partial charge in [0.2, 0.25) is 0 Å². The maximum atomic E-state index is 6.11. The SMILES string of the molecule is Cc1cc(C)n(-c2c(N)c(C)nn2C(C)C)n1. The first-order valence-electron chi connectivity index (χ1n) is 5.80. The number of hydrogen-bond donors (Lipinski definition) is 1. The van der Waals surface area contributed by atoms with Crippen molar-refractivity contribution >= 4 is 5.69 Å². The van der Waals surface area contributed by atoms with Gasteiger partial charge in [0, 0.05) is 11.7 Å². The molecule has 2 aromatic rings. The molecule has 0 amide bonds. The summed E-state index contributed by atoms with van der Waals surface area (Å²) in [6.45, 7) is 10.1. The van der Waals surface area contributed by atoms with Gasteiger partial charge >= 0.3 is 0 Å². The predicted octanol–water partition coefficient (Wildman–Crippen LogP) is 2.16. The molecule has 0 fully saturated rings. The van der Waals surface area contributed by atoms with E-state index in [4.69, 9.17) is 5.73 Å². The van der Waals surface area contributed by atoms with Crippen LogP contribution in [0.15, 0.2) is 6.07 Å².